The number of amidine groups is 2. The molecule has 14 atom stereocenters. The van der Waals surface area contributed by atoms with Crippen LogP contribution in [0.1, 0.15) is 191 Å². The summed E-state index contributed by atoms with van der Waals surface area (Å²) in [5.41, 5.74) is 12.9. The molecule has 3 fully saturated rings. The summed E-state index contributed by atoms with van der Waals surface area (Å²) in [6.45, 7) is 45.0. The smallest absolute Gasteiger partial charge is 0.412 e. The summed E-state index contributed by atoms with van der Waals surface area (Å²) in [5.74, 6) is -0.760. The SMILES string of the molecule is CCO[C@@H](C)C[C@H]1COC(N)=N1.CO[C@@H](C)C[C@H](N)CO.CO[C@@H](C)C[C@H]1COC(C)(C)C1C(=O)OC(C)(C)C.CO[C@H](C)C[C@H]1COC(N)=N1.C[C@@H](O)C[C@H]1COC(C)(C)N1C(=O)OC(C)(C)C.C[C@H](O)C[C@H]1COC(C)(C)C1C(=O)OC(C)(C)C. The third-order valence-corrected chi connectivity index (χ3v) is 14.4. The normalized spacial score (nSPS) is 25.9. The maximum atomic E-state index is 12.4. The van der Waals surface area contributed by atoms with E-state index in [-0.39, 0.29) is 90.8 Å². The minimum absolute atomic E-state index is 0.0230. The van der Waals surface area contributed by atoms with E-state index in [0.717, 1.165) is 25.9 Å². The molecule has 87 heavy (non-hydrogen) atoms. The number of amides is 1. The molecule has 0 aromatic rings. The molecule has 0 aliphatic carbocycles. The monoisotopic (exact) mass is 1250 g/mol. The van der Waals surface area contributed by atoms with Gasteiger partial charge < -0.3 is 89.4 Å². The van der Waals surface area contributed by atoms with Crippen molar-refractivity contribution >= 4 is 30.1 Å². The van der Waals surface area contributed by atoms with Crippen molar-refractivity contribution in [3.05, 3.63) is 0 Å². The lowest BCUT2D eigenvalue weighted by Gasteiger charge is -2.35. The fourth-order valence-electron chi connectivity index (χ4n) is 10.3. The quantitative estimate of drug-likeness (QED) is 0.0509. The number of aliphatic imine (C=N–C) groups is 2. The molecule has 514 valence electrons. The third kappa shape index (κ3) is 34.4. The Labute approximate surface area is 523 Å². The van der Waals surface area contributed by atoms with E-state index in [1.165, 1.54) is 0 Å². The predicted octanol–water partition coefficient (Wildman–Crippen LogP) is 7.43. The van der Waals surface area contributed by atoms with Crippen LogP contribution in [0.25, 0.3) is 0 Å². The van der Waals surface area contributed by atoms with Crippen molar-refractivity contribution in [2.75, 3.05) is 67.6 Å². The number of aliphatic hydroxyl groups excluding tert-OH is 3. The van der Waals surface area contributed by atoms with Gasteiger partial charge in [0.1, 0.15) is 35.7 Å². The highest BCUT2D eigenvalue weighted by molar-refractivity contribution is 5.76. The average molecular weight is 1250 g/mol. The van der Waals surface area contributed by atoms with Gasteiger partial charge in [0, 0.05) is 45.8 Å². The summed E-state index contributed by atoms with van der Waals surface area (Å²) in [4.78, 5) is 46.7. The van der Waals surface area contributed by atoms with E-state index in [4.69, 9.17) is 79.1 Å². The lowest BCUT2D eigenvalue weighted by atomic mass is 9.80. The van der Waals surface area contributed by atoms with Crippen LogP contribution in [-0.4, -0.2) is 212 Å². The molecule has 0 saturated carbocycles. The first-order valence-corrected chi connectivity index (χ1v) is 31.0. The van der Waals surface area contributed by atoms with Crippen molar-refractivity contribution < 1.29 is 86.5 Å². The number of carbonyl (C=O) groups is 3. The Morgan fingerprint density at radius 1 is 0.586 bits per heavy atom. The summed E-state index contributed by atoms with van der Waals surface area (Å²) < 4.78 is 64.2. The molecule has 5 aliphatic heterocycles. The van der Waals surface area contributed by atoms with Crippen molar-refractivity contribution in [3.8, 4) is 0 Å². The summed E-state index contributed by atoms with van der Waals surface area (Å²) >= 11 is 0. The number of nitrogens with two attached hydrogens (primary N) is 3. The Bertz CT molecular complexity index is 1950. The maximum absolute atomic E-state index is 12.4. The van der Waals surface area contributed by atoms with Gasteiger partial charge >= 0.3 is 18.0 Å². The van der Waals surface area contributed by atoms with Crippen LogP contribution >= 0.6 is 0 Å². The van der Waals surface area contributed by atoms with Gasteiger partial charge in [-0.3, -0.25) is 14.5 Å². The zero-order valence-electron chi connectivity index (χ0n) is 58.3. The number of methoxy groups -OCH3 is 3. The molecule has 24 nitrogen and oxygen atoms in total. The van der Waals surface area contributed by atoms with Crippen molar-refractivity contribution in [3.63, 3.8) is 0 Å². The van der Waals surface area contributed by atoms with Crippen LogP contribution in [0.15, 0.2) is 9.98 Å². The van der Waals surface area contributed by atoms with Gasteiger partial charge in [-0.2, -0.15) is 0 Å². The van der Waals surface area contributed by atoms with E-state index in [0.29, 0.717) is 64.3 Å². The van der Waals surface area contributed by atoms with Crippen LogP contribution in [0.2, 0.25) is 0 Å². The highest BCUT2D eigenvalue weighted by atomic mass is 16.6. The van der Waals surface area contributed by atoms with Crippen LogP contribution in [0, 0.1) is 23.7 Å². The number of hydrogen-bond acceptors (Lipinski definition) is 23. The first kappa shape index (κ1) is 83.3. The molecular weight excluding hydrogens is 1130 g/mol. The number of rotatable bonds is 20. The van der Waals surface area contributed by atoms with E-state index >= 15 is 0 Å². The van der Waals surface area contributed by atoms with E-state index in [1.54, 1.807) is 40.1 Å². The summed E-state index contributed by atoms with van der Waals surface area (Å²) in [5, 5.41) is 27.5. The molecular formula is C63H124N6O18. The molecule has 9 N–H and O–H groups in total. The molecule has 0 radical (unpaired) electrons. The van der Waals surface area contributed by atoms with Crippen molar-refractivity contribution in [1.29, 1.82) is 0 Å². The Kier molecular flexibility index (Phi) is 36.6. The van der Waals surface area contributed by atoms with Gasteiger partial charge in [0.05, 0.1) is 104 Å². The second kappa shape index (κ2) is 38.2. The van der Waals surface area contributed by atoms with Gasteiger partial charge in [0.25, 0.3) is 12.0 Å². The van der Waals surface area contributed by atoms with Crippen LogP contribution in [0.5, 0.6) is 0 Å². The zero-order valence-corrected chi connectivity index (χ0v) is 58.3. The maximum Gasteiger partial charge on any atom is 0.412 e. The Balaban J connectivity index is 0.00000104. The molecule has 5 heterocycles. The molecule has 0 spiro atoms. The number of esters is 2. The van der Waals surface area contributed by atoms with Crippen molar-refractivity contribution in [2.24, 2.45) is 50.9 Å². The van der Waals surface area contributed by atoms with E-state index < -0.39 is 52.0 Å². The fourth-order valence-corrected chi connectivity index (χ4v) is 10.3. The minimum Gasteiger partial charge on any atom is -0.463 e. The van der Waals surface area contributed by atoms with Gasteiger partial charge in [0.2, 0.25) is 0 Å². The largest absolute Gasteiger partial charge is 0.463 e. The van der Waals surface area contributed by atoms with Gasteiger partial charge in [0.15, 0.2) is 0 Å². The molecule has 0 aromatic heterocycles. The number of carbonyl (C=O) groups excluding carboxylic acids is 3. The summed E-state index contributed by atoms with van der Waals surface area (Å²) in [6, 6.07) is 0.702. The van der Waals surface area contributed by atoms with Gasteiger partial charge in [-0.25, -0.2) is 14.8 Å². The molecule has 2 unspecified atom stereocenters. The first-order chi connectivity index (χ1) is 39.8. The molecule has 3 saturated heterocycles. The van der Waals surface area contributed by atoms with Gasteiger partial charge in [-0.1, -0.05) is 0 Å². The Hall–Kier alpha value is -3.69. The predicted molar refractivity (Wildman–Crippen MR) is 337 cm³/mol. The minimum atomic E-state index is -0.693. The highest BCUT2D eigenvalue weighted by Crippen LogP contribution is 2.41. The van der Waals surface area contributed by atoms with Crippen LogP contribution in [-0.2, 0) is 66.4 Å². The van der Waals surface area contributed by atoms with Gasteiger partial charge in [-0.15, -0.1) is 0 Å². The average Bonchev–Trinajstić information content (AvgIpc) is 1.84. The van der Waals surface area contributed by atoms with Crippen LogP contribution < -0.4 is 17.2 Å². The fraction of sp³-hybridized carbons (Fsp3) is 0.921. The Morgan fingerprint density at radius 3 is 1.32 bits per heavy atom. The first-order valence-electron chi connectivity index (χ1n) is 31.0. The number of hydrogen-bond donors (Lipinski definition) is 6. The topological polar surface area (TPSA) is 329 Å². The lowest BCUT2D eigenvalue weighted by Crippen LogP contribution is -2.50. The summed E-state index contributed by atoms with van der Waals surface area (Å²) in [7, 11) is 5.01. The van der Waals surface area contributed by atoms with Crippen LogP contribution in [0.3, 0.4) is 0 Å². The van der Waals surface area contributed by atoms with E-state index in [2.05, 4.69) is 9.98 Å². The molecule has 5 rings (SSSR count). The Morgan fingerprint density at radius 2 is 0.977 bits per heavy atom. The second-order valence-electron chi connectivity index (χ2n) is 28.0. The third-order valence-electron chi connectivity index (χ3n) is 14.4. The lowest BCUT2D eigenvalue weighted by molar-refractivity contribution is -0.167. The standard InChI is InChI=1S/C15H28O4.C14H26O4.C13H25NO4.C8H16N2O2.C7H14N2O2.C6H15NO2/c1-10(17-7)8-11-9-18-15(5,6)12(11)13(16)19-14(2,3)4;1-9(15)7-10-8-17-14(5,6)11(10)12(16)18-13(2,3)4;1-9(15)7-10-8-17-13(5,6)14(10)11(16)18-12(2,3)4;1-3-11-6(2)4-7-5-12-8(9)10-7;1-5(10-2)3-6-4-11-7(8)9-6;1-5(9-2)3-6(7)4-8/h10-12H,8-9H2,1-7H3;9-11,15H,7-8H2,1-6H3;9-10,15H,7-8H2,1-6H3;6-7H,3-5H2,1-2H3,(H2,9,10);5-6H,3-4H2,1-2H3,(H2,8,9);5-6,8H,3-4,7H2,1-2H3/t10-,11-,12?;9-,10-,11?;9-,10+;6-,7-;5-,6+;5-,6-/m001010/s1. The van der Waals surface area contributed by atoms with Crippen molar-refractivity contribution in [2.45, 2.75) is 285 Å². The summed E-state index contributed by atoms with van der Waals surface area (Å²) in [6.07, 6.45) is 3.75. The highest BCUT2D eigenvalue weighted by Gasteiger charge is 2.51. The number of aliphatic hydroxyl groups is 3. The molecule has 1 amide bonds. The molecule has 0 bridgehead atoms. The van der Waals surface area contributed by atoms with Crippen molar-refractivity contribution in [1.82, 2.24) is 4.90 Å². The van der Waals surface area contributed by atoms with Gasteiger partial charge in [-0.05, 0) is 191 Å². The molecule has 24 heteroatoms. The molecule has 5 aliphatic rings. The van der Waals surface area contributed by atoms with E-state index in [1.807, 2.05) is 138 Å². The number of nitrogens with zero attached hydrogens (tertiary/aromatic N) is 3. The van der Waals surface area contributed by atoms with E-state index in [9.17, 15) is 24.6 Å². The second-order valence-corrected chi connectivity index (χ2v) is 28.0. The molecule has 0 aromatic carbocycles. The zero-order chi connectivity index (χ0) is 67.6. The number of ether oxygens (including phenoxy) is 12. The van der Waals surface area contributed by atoms with Crippen LogP contribution in [0.4, 0.5) is 4.79 Å².